The summed E-state index contributed by atoms with van der Waals surface area (Å²) in [6, 6.07) is -0.565. The zero-order valence-corrected chi connectivity index (χ0v) is 35.9. The maximum absolute atomic E-state index is 14.3. The van der Waals surface area contributed by atoms with Gasteiger partial charge in [0.2, 0.25) is 35.4 Å². The number of amides is 6. The lowest BCUT2D eigenvalue weighted by atomic mass is 9.76. The van der Waals surface area contributed by atoms with Gasteiger partial charge in [-0.25, -0.2) is 0 Å². The highest BCUT2D eigenvalue weighted by Gasteiger charge is 2.39. The summed E-state index contributed by atoms with van der Waals surface area (Å²) in [5.74, 6) is -10.9. The largest absolute Gasteiger partial charge is 0.481 e. The number of carboxylic acids is 3. The van der Waals surface area contributed by atoms with Gasteiger partial charge < -0.3 is 57.3 Å². The van der Waals surface area contributed by atoms with E-state index in [-0.39, 0.29) is 25.2 Å². The van der Waals surface area contributed by atoms with Crippen LogP contribution in [0.2, 0.25) is 0 Å². The van der Waals surface area contributed by atoms with Gasteiger partial charge in [-0.05, 0) is 48.6 Å². The molecular formula is C40H63BN6O14. The van der Waals surface area contributed by atoms with Crippen LogP contribution in [0.25, 0.3) is 0 Å². The number of hydrogen-bond donors (Lipinski definition) is 11. The van der Waals surface area contributed by atoms with E-state index in [2.05, 4.69) is 31.9 Å². The third-order valence-electron chi connectivity index (χ3n) is 9.51. The van der Waals surface area contributed by atoms with Crippen LogP contribution < -0.4 is 31.9 Å². The number of carbonyl (C=O) groups is 9. The molecule has 0 spiro atoms. The fraction of sp³-hybridized carbons (Fsp3) is 0.625. The van der Waals surface area contributed by atoms with Gasteiger partial charge in [0.1, 0.15) is 30.2 Å². The van der Waals surface area contributed by atoms with Gasteiger partial charge in [0.25, 0.3) is 0 Å². The van der Waals surface area contributed by atoms with Crippen LogP contribution in [-0.4, -0.2) is 122 Å². The Kier molecular flexibility index (Phi) is 22.7. The molecule has 20 nitrogen and oxygen atoms in total. The van der Waals surface area contributed by atoms with E-state index in [1.165, 1.54) is 0 Å². The van der Waals surface area contributed by atoms with E-state index in [0.29, 0.717) is 12.0 Å². The Morgan fingerprint density at radius 1 is 0.639 bits per heavy atom. The molecule has 0 saturated heterocycles. The second-order valence-electron chi connectivity index (χ2n) is 16.5. The molecule has 0 saturated carbocycles. The molecule has 1 rings (SSSR count). The molecule has 6 amide bonds. The van der Waals surface area contributed by atoms with E-state index in [1.54, 1.807) is 52.0 Å². The number of aryl methyl sites for hydroxylation is 1. The van der Waals surface area contributed by atoms with Crippen molar-refractivity contribution in [3.8, 4) is 0 Å². The van der Waals surface area contributed by atoms with Crippen LogP contribution in [-0.2, 0) is 49.6 Å². The molecule has 21 heteroatoms. The number of hydrogen-bond acceptors (Lipinski definition) is 11. The zero-order chi connectivity index (χ0) is 46.6. The Balaban J connectivity index is 3.55. The molecule has 0 aliphatic carbocycles. The molecule has 0 fully saturated rings. The number of benzene rings is 1. The van der Waals surface area contributed by atoms with Crippen molar-refractivity contribution in [2.24, 2.45) is 11.3 Å². The molecule has 340 valence electrons. The third kappa shape index (κ3) is 20.5. The quantitative estimate of drug-likeness (QED) is 0.0517. The predicted octanol–water partition coefficient (Wildman–Crippen LogP) is -0.0550. The standard InChI is InChI=1S/C40H63BN6O14/c1-8-9-14-29(41(60)61)46-37(57)26(19-22(2)3)45-39(59)34(40(5,6)7)47-38(58)27(20-24-13-11-10-12-23(24)4)44-35(55)25(15-17-31(49)50)43-36(56)28(21-33(53)54)42-30(48)16-18-32(51)52/h10-13,22,25-29,34,60-61H,8-9,14-21H2,1-7H3,(H,42,48)(H,43,56)(H,44,55)(H,45,59)(H,46,57)(H,47,58)(H,49,50)(H,51,52)(H,53,54)/t25-,26-,27-,28-,29?,34+/m0/s1. The van der Waals surface area contributed by atoms with Crippen LogP contribution in [0.4, 0.5) is 0 Å². The van der Waals surface area contributed by atoms with Gasteiger partial charge in [0.05, 0.1) is 18.8 Å². The van der Waals surface area contributed by atoms with Crippen molar-refractivity contribution in [1.29, 1.82) is 0 Å². The molecule has 11 N–H and O–H groups in total. The van der Waals surface area contributed by atoms with E-state index < -0.39 is 134 Å². The van der Waals surface area contributed by atoms with Crippen molar-refractivity contribution in [2.45, 2.75) is 149 Å². The molecule has 0 aliphatic rings. The number of aliphatic carboxylic acids is 3. The number of nitrogens with one attached hydrogen (secondary N) is 6. The molecule has 0 heterocycles. The summed E-state index contributed by atoms with van der Waals surface area (Å²) in [6.45, 7) is 12.2. The van der Waals surface area contributed by atoms with E-state index in [0.717, 1.165) is 12.0 Å². The van der Waals surface area contributed by atoms with E-state index in [4.69, 9.17) is 5.11 Å². The minimum Gasteiger partial charge on any atom is -0.481 e. The van der Waals surface area contributed by atoms with Crippen molar-refractivity contribution >= 4 is 60.5 Å². The number of carbonyl (C=O) groups excluding carboxylic acids is 6. The highest BCUT2D eigenvalue weighted by molar-refractivity contribution is 6.43. The SMILES string of the molecule is CCCCC(NC(=O)[C@H](CC(C)C)NC(=O)[C@@H](NC(=O)[C@H](Cc1ccccc1C)NC(=O)[C@H](CCC(=O)O)NC(=O)[C@H](CC(=O)O)NC(=O)CCC(=O)O)C(C)(C)C)B(O)O. The van der Waals surface area contributed by atoms with Gasteiger partial charge in [-0.3, -0.25) is 43.2 Å². The maximum Gasteiger partial charge on any atom is 0.475 e. The molecule has 1 aromatic rings. The second kappa shape index (κ2) is 25.9. The van der Waals surface area contributed by atoms with Gasteiger partial charge >= 0.3 is 25.0 Å². The predicted molar refractivity (Wildman–Crippen MR) is 221 cm³/mol. The molecule has 1 aromatic carbocycles. The minimum atomic E-state index is -1.85. The lowest BCUT2D eigenvalue weighted by molar-refractivity contribution is -0.142. The fourth-order valence-electron chi connectivity index (χ4n) is 6.10. The monoisotopic (exact) mass is 862 g/mol. The molecule has 0 bridgehead atoms. The summed E-state index contributed by atoms with van der Waals surface area (Å²) in [6.07, 6.45) is -1.83. The van der Waals surface area contributed by atoms with Gasteiger partial charge in [0.15, 0.2) is 0 Å². The van der Waals surface area contributed by atoms with Gasteiger partial charge in [-0.15, -0.1) is 0 Å². The molecule has 6 atom stereocenters. The molecule has 61 heavy (non-hydrogen) atoms. The summed E-state index contributed by atoms with van der Waals surface area (Å²) >= 11 is 0. The normalized spacial score (nSPS) is 14.2. The van der Waals surface area contributed by atoms with Crippen molar-refractivity contribution in [2.75, 3.05) is 0 Å². The van der Waals surface area contributed by atoms with Gasteiger partial charge in [-0.2, -0.15) is 0 Å². The van der Waals surface area contributed by atoms with Crippen LogP contribution in [0.1, 0.15) is 110 Å². The average molecular weight is 863 g/mol. The average Bonchev–Trinajstić information content (AvgIpc) is 3.14. The highest BCUT2D eigenvalue weighted by Crippen LogP contribution is 2.21. The van der Waals surface area contributed by atoms with Gasteiger partial charge in [-0.1, -0.05) is 78.6 Å². The topological polar surface area (TPSA) is 327 Å². The summed E-state index contributed by atoms with van der Waals surface area (Å²) in [5.41, 5.74) is 0.305. The number of unbranched alkanes of at least 4 members (excludes halogenated alkanes) is 1. The summed E-state index contributed by atoms with van der Waals surface area (Å²) in [5, 5.41) is 62.4. The molecule has 0 aromatic heterocycles. The Morgan fingerprint density at radius 2 is 1.18 bits per heavy atom. The number of carboxylic acid groups (broad SMARTS) is 3. The Labute approximate surface area is 355 Å². The van der Waals surface area contributed by atoms with Crippen molar-refractivity contribution in [3.63, 3.8) is 0 Å². The van der Waals surface area contributed by atoms with Crippen LogP contribution in [0.5, 0.6) is 0 Å². The van der Waals surface area contributed by atoms with E-state index in [9.17, 15) is 63.4 Å². The second-order valence-corrected chi connectivity index (χ2v) is 16.5. The summed E-state index contributed by atoms with van der Waals surface area (Å²) < 4.78 is 0. The summed E-state index contributed by atoms with van der Waals surface area (Å²) in [4.78, 5) is 115. The third-order valence-corrected chi connectivity index (χ3v) is 9.51. The number of rotatable bonds is 27. The van der Waals surface area contributed by atoms with Crippen molar-refractivity contribution in [1.82, 2.24) is 31.9 Å². The first-order valence-electron chi connectivity index (χ1n) is 20.2. The van der Waals surface area contributed by atoms with E-state index in [1.807, 2.05) is 20.8 Å². The highest BCUT2D eigenvalue weighted by atomic mass is 16.4. The first kappa shape index (κ1) is 53.5. The Hall–Kier alpha value is -5.57. The maximum atomic E-state index is 14.3. The lowest BCUT2D eigenvalue weighted by Gasteiger charge is -2.34. The van der Waals surface area contributed by atoms with Crippen molar-refractivity contribution < 1.29 is 68.5 Å². The lowest BCUT2D eigenvalue weighted by Crippen LogP contribution is -2.62. The van der Waals surface area contributed by atoms with Crippen LogP contribution in [0.15, 0.2) is 24.3 Å². The van der Waals surface area contributed by atoms with Crippen LogP contribution in [0, 0.1) is 18.3 Å². The zero-order valence-electron chi connectivity index (χ0n) is 35.9. The minimum absolute atomic E-state index is 0.109. The Morgan fingerprint density at radius 3 is 1.70 bits per heavy atom. The fourth-order valence-corrected chi connectivity index (χ4v) is 6.10. The first-order chi connectivity index (χ1) is 28.4. The smallest absolute Gasteiger partial charge is 0.475 e. The van der Waals surface area contributed by atoms with Gasteiger partial charge in [0, 0.05) is 19.3 Å². The first-order valence-corrected chi connectivity index (χ1v) is 20.2. The molecular weight excluding hydrogens is 799 g/mol. The summed E-state index contributed by atoms with van der Waals surface area (Å²) in [7, 11) is -1.85. The van der Waals surface area contributed by atoms with Crippen LogP contribution >= 0.6 is 0 Å². The van der Waals surface area contributed by atoms with Crippen LogP contribution in [0.3, 0.4) is 0 Å². The van der Waals surface area contributed by atoms with Crippen molar-refractivity contribution in [3.05, 3.63) is 35.4 Å². The molecule has 0 aliphatic heterocycles. The molecule has 1 unspecified atom stereocenters. The Bertz CT molecular complexity index is 1700. The molecule has 0 radical (unpaired) electrons. The van der Waals surface area contributed by atoms with E-state index >= 15 is 0 Å².